The predicted molar refractivity (Wildman–Crippen MR) is 25.1 cm³/mol. The van der Waals surface area contributed by atoms with Crippen molar-refractivity contribution in [3.63, 3.8) is 0 Å². The highest BCUT2D eigenvalue weighted by atomic mass is 19.4. The van der Waals surface area contributed by atoms with Crippen molar-refractivity contribution in [3.05, 3.63) is 18.4 Å². The van der Waals surface area contributed by atoms with Crippen LogP contribution in [0, 0.1) is 6.20 Å². The molecular formula is C5H3F3NO. The molecule has 0 aromatic carbocycles. The fourth-order valence-corrected chi connectivity index (χ4v) is 0.472. The lowest BCUT2D eigenvalue weighted by Gasteiger charge is -2.00. The van der Waals surface area contributed by atoms with Gasteiger partial charge in [-0.2, -0.15) is 13.2 Å². The minimum atomic E-state index is -4.25. The smallest absolute Gasteiger partial charge is 0.397 e. The average Bonchev–Trinajstić information content (AvgIpc) is 2.12. The molecule has 1 rings (SSSR count). The summed E-state index contributed by atoms with van der Waals surface area (Å²) in [6.45, 7) is 0. The first-order valence-corrected chi connectivity index (χ1v) is 2.45. The van der Waals surface area contributed by atoms with Gasteiger partial charge in [0.05, 0.1) is 0 Å². The Morgan fingerprint density at radius 3 is 2.70 bits per heavy atom. The fraction of sp³-hybridized carbons (Fsp3) is 0.400. The standard InChI is InChI=1S/C5H3F3NO/c6-5(7,8)3-4-9-1-2-10-4/h2H,3H2. The maximum absolute atomic E-state index is 11.5. The van der Waals surface area contributed by atoms with Crippen LogP contribution >= 0.6 is 0 Å². The molecule has 1 aromatic rings. The van der Waals surface area contributed by atoms with Crippen LogP contribution in [0.3, 0.4) is 0 Å². The van der Waals surface area contributed by atoms with Gasteiger partial charge in [-0.3, -0.25) is 0 Å². The molecule has 2 nitrogen and oxygen atoms in total. The molecule has 1 aromatic heterocycles. The zero-order valence-corrected chi connectivity index (χ0v) is 4.77. The molecule has 1 radical (unpaired) electrons. The third kappa shape index (κ3) is 2.08. The summed E-state index contributed by atoms with van der Waals surface area (Å²) in [6, 6.07) is 0. The predicted octanol–water partition coefficient (Wildman–Crippen LogP) is 1.58. The van der Waals surface area contributed by atoms with E-state index in [0.717, 1.165) is 6.26 Å². The van der Waals surface area contributed by atoms with E-state index in [-0.39, 0.29) is 5.89 Å². The van der Waals surface area contributed by atoms with Gasteiger partial charge in [0.25, 0.3) is 0 Å². The molecule has 55 valence electrons. The lowest BCUT2D eigenvalue weighted by Crippen LogP contribution is -2.11. The Kier molecular flexibility index (Phi) is 1.65. The highest BCUT2D eigenvalue weighted by molar-refractivity contribution is 4.81. The van der Waals surface area contributed by atoms with Gasteiger partial charge in [0, 0.05) is 0 Å². The first-order chi connectivity index (χ1) is 4.58. The van der Waals surface area contributed by atoms with Crippen molar-refractivity contribution in [1.29, 1.82) is 0 Å². The molecule has 0 spiro atoms. The molecule has 0 atom stereocenters. The minimum Gasteiger partial charge on any atom is -0.448 e. The third-order valence-electron chi connectivity index (χ3n) is 0.789. The van der Waals surface area contributed by atoms with E-state index in [1.54, 1.807) is 0 Å². The number of nitrogens with zero attached hydrogens (tertiary/aromatic N) is 1. The first kappa shape index (κ1) is 7.11. The Bertz CT molecular complexity index is 191. The van der Waals surface area contributed by atoms with Crippen molar-refractivity contribution >= 4 is 0 Å². The number of aromatic nitrogens is 1. The second-order valence-corrected chi connectivity index (χ2v) is 1.66. The van der Waals surface area contributed by atoms with Crippen LogP contribution in [0.15, 0.2) is 10.7 Å². The van der Waals surface area contributed by atoms with Crippen LogP contribution in [0.25, 0.3) is 0 Å². The zero-order chi connectivity index (χ0) is 7.61. The molecule has 0 fully saturated rings. The quantitative estimate of drug-likeness (QED) is 0.607. The molecule has 0 aliphatic rings. The number of oxazole rings is 1. The lowest BCUT2D eigenvalue weighted by molar-refractivity contribution is -0.130. The van der Waals surface area contributed by atoms with Gasteiger partial charge in [0.1, 0.15) is 18.9 Å². The summed E-state index contributed by atoms with van der Waals surface area (Å²) in [5.41, 5.74) is 0. The van der Waals surface area contributed by atoms with E-state index in [0.29, 0.717) is 0 Å². The Balaban J connectivity index is 2.57. The summed E-state index contributed by atoms with van der Waals surface area (Å²) in [6.07, 6.45) is -2.26. The second kappa shape index (κ2) is 2.32. The Hall–Kier alpha value is -1.00. The topological polar surface area (TPSA) is 26.0 Å². The lowest BCUT2D eigenvalue weighted by atomic mass is 10.4. The molecule has 0 N–H and O–H groups in total. The van der Waals surface area contributed by atoms with E-state index >= 15 is 0 Å². The van der Waals surface area contributed by atoms with Crippen LogP contribution in [0.4, 0.5) is 13.2 Å². The van der Waals surface area contributed by atoms with Gasteiger partial charge < -0.3 is 4.42 Å². The molecule has 5 heteroatoms. The molecule has 10 heavy (non-hydrogen) atoms. The van der Waals surface area contributed by atoms with E-state index < -0.39 is 12.6 Å². The molecule has 0 saturated carbocycles. The Morgan fingerprint density at radius 1 is 1.60 bits per heavy atom. The van der Waals surface area contributed by atoms with Crippen molar-refractivity contribution < 1.29 is 17.6 Å². The average molecular weight is 150 g/mol. The van der Waals surface area contributed by atoms with Crippen molar-refractivity contribution in [2.24, 2.45) is 0 Å². The van der Waals surface area contributed by atoms with Gasteiger partial charge in [-0.25, -0.2) is 4.98 Å². The van der Waals surface area contributed by atoms with E-state index in [9.17, 15) is 13.2 Å². The van der Waals surface area contributed by atoms with Gasteiger partial charge in [0.15, 0.2) is 0 Å². The van der Waals surface area contributed by atoms with E-state index in [1.807, 2.05) is 0 Å². The third-order valence-corrected chi connectivity index (χ3v) is 0.789. The Labute approximate surface area is 54.7 Å². The van der Waals surface area contributed by atoms with Gasteiger partial charge in [-0.1, -0.05) is 0 Å². The van der Waals surface area contributed by atoms with Crippen LogP contribution in [-0.2, 0) is 6.42 Å². The SMILES string of the molecule is FC(F)(F)Cc1n[c]co1. The van der Waals surface area contributed by atoms with Gasteiger partial charge in [0.2, 0.25) is 5.89 Å². The van der Waals surface area contributed by atoms with Crippen LogP contribution in [0.2, 0.25) is 0 Å². The molecule has 0 aliphatic carbocycles. The Morgan fingerprint density at radius 2 is 2.30 bits per heavy atom. The minimum absolute atomic E-state index is 0.354. The summed E-state index contributed by atoms with van der Waals surface area (Å²) in [4.78, 5) is 3.19. The van der Waals surface area contributed by atoms with Crippen molar-refractivity contribution in [2.45, 2.75) is 12.6 Å². The summed E-state index contributed by atoms with van der Waals surface area (Å²) < 4.78 is 38.8. The molecule has 1 heterocycles. The highest BCUT2D eigenvalue weighted by Gasteiger charge is 2.29. The van der Waals surface area contributed by atoms with Crippen LogP contribution in [-0.4, -0.2) is 11.2 Å². The van der Waals surface area contributed by atoms with Crippen LogP contribution in [0.5, 0.6) is 0 Å². The maximum Gasteiger partial charge on any atom is 0.397 e. The largest absolute Gasteiger partial charge is 0.448 e. The summed E-state index contributed by atoms with van der Waals surface area (Å²) in [5, 5.41) is 0. The number of hydrogen-bond donors (Lipinski definition) is 0. The number of alkyl halides is 3. The molecule has 0 bridgehead atoms. The van der Waals surface area contributed by atoms with Gasteiger partial charge in [-0.15, -0.1) is 0 Å². The first-order valence-electron chi connectivity index (χ1n) is 2.45. The zero-order valence-electron chi connectivity index (χ0n) is 4.77. The van der Waals surface area contributed by atoms with E-state index in [2.05, 4.69) is 15.6 Å². The van der Waals surface area contributed by atoms with Gasteiger partial charge >= 0.3 is 6.18 Å². The number of rotatable bonds is 1. The van der Waals surface area contributed by atoms with Gasteiger partial charge in [-0.05, 0) is 0 Å². The van der Waals surface area contributed by atoms with Crippen molar-refractivity contribution in [1.82, 2.24) is 4.98 Å². The fourth-order valence-electron chi connectivity index (χ4n) is 0.472. The molecule has 0 saturated heterocycles. The normalized spacial score (nSPS) is 11.9. The number of halogens is 3. The van der Waals surface area contributed by atoms with Crippen molar-refractivity contribution in [2.75, 3.05) is 0 Å². The molecular weight excluding hydrogens is 147 g/mol. The summed E-state index contributed by atoms with van der Waals surface area (Å²) in [7, 11) is 0. The molecule has 0 aliphatic heterocycles. The monoisotopic (exact) mass is 150 g/mol. The highest BCUT2D eigenvalue weighted by Crippen LogP contribution is 2.19. The van der Waals surface area contributed by atoms with E-state index in [1.165, 1.54) is 0 Å². The molecule has 0 unspecified atom stereocenters. The van der Waals surface area contributed by atoms with Crippen LogP contribution in [0.1, 0.15) is 5.89 Å². The van der Waals surface area contributed by atoms with Crippen LogP contribution < -0.4 is 0 Å². The van der Waals surface area contributed by atoms with Crippen molar-refractivity contribution in [3.8, 4) is 0 Å². The summed E-state index contributed by atoms with van der Waals surface area (Å²) >= 11 is 0. The van der Waals surface area contributed by atoms with E-state index in [4.69, 9.17) is 0 Å². The molecule has 0 amide bonds. The number of hydrogen-bond acceptors (Lipinski definition) is 2. The summed E-state index contributed by atoms with van der Waals surface area (Å²) in [5.74, 6) is -0.354. The maximum atomic E-state index is 11.5. The second-order valence-electron chi connectivity index (χ2n) is 1.66.